The van der Waals surface area contributed by atoms with Crippen LogP contribution < -0.4 is 5.32 Å². The fourth-order valence-corrected chi connectivity index (χ4v) is 1.98. The smallest absolute Gasteiger partial charge is 0.279 e. The lowest BCUT2D eigenvalue weighted by molar-refractivity contribution is -0.394. The number of aromatic nitrogens is 1. The molecule has 1 aromatic heterocycles. The van der Waals surface area contributed by atoms with Gasteiger partial charge in [-0.05, 0) is 19.1 Å². The molecule has 9 heteroatoms. The van der Waals surface area contributed by atoms with E-state index in [1.807, 2.05) is 0 Å². The Hall–Kier alpha value is -3.36. The maximum Gasteiger partial charge on any atom is 0.279 e. The lowest BCUT2D eigenvalue weighted by atomic mass is 10.0. The van der Waals surface area contributed by atoms with Gasteiger partial charge in [0.15, 0.2) is 0 Å². The Labute approximate surface area is 130 Å². The van der Waals surface area contributed by atoms with E-state index in [2.05, 4.69) is 10.3 Å². The molecule has 0 spiro atoms. The minimum absolute atomic E-state index is 0.0686. The van der Waals surface area contributed by atoms with Gasteiger partial charge in [0.1, 0.15) is 0 Å². The van der Waals surface area contributed by atoms with Crippen molar-refractivity contribution in [1.29, 1.82) is 0 Å². The van der Waals surface area contributed by atoms with Crippen LogP contribution in [0.25, 0.3) is 0 Å². The first-order valence-corrected chi connectivity index (χ1v) is 6.51. The highest BCUT2D eigenvalue weighted by Gasteiger charge is 2.24. The molecule has 2 rings (SSSR count). The van der Waals surface area contributed by atoms with Crippen LogP contribution in [0.15, 0.2) is 36.5 Å². The summed E-state index contributed by atoms with van der Waals surface area (Å²) in [7, 11) is 0. The van der Waals surface area contributed by atoms with Gasteiger partial charge in [-0.1, -0.05) is 6.07 Å². The zero-order valence-corrected chi connectivity index (χ0v) is 12.1. The molecule has 1 aromatic carbocycles. The van der Waals surface area contributed by atoms with Crippen molar-refractivity contribution >= 4 is 17.3 Å². The van der Waals surface area contributed by atoms with Gasteiger partial charge in [0.25, 0.3) is 17.3 Å². The second-order valence-corrected chi connectivity index (χ2v) is 4.66. The van der Waals surface area contributed by atoms with E-state index in [0.717, 1.165) is 12.1 Å². The molecule has 0 atom stereocenters. The summed E-state index contributed by atoms with van der Waals surface area (Å²) >= 11 is 0. The number of carbonyl (C=O) groups excluding carboxylic acids is 1. The molecule has 23 heavy (non-hydrogen) atoms. The fourth-order valence-electron chi connectivity index (χ4n) is 1.98. The van der Waals surface area contributed by atoms with Crippen LogP contribution in [0.2, 0.25) is 0 Å². The monoisotopic (exact) mass is 316 g/mol. The molecule has 1 heterocycles. The number of benzene rings is 1. The van der Waals surface area contributed by atoms with Gasteiger partial charge in [-0.3, -0.25) is 30.0 Å². The quantitative estimate of drug-likeness (QED) is 0.664. The van der Waals surface area contributed by atoms with Crippen molar-refractivity contribution in [2.45, 2.75) is 13.5 Å². The summed E-state index contributed by atoms with van der Waals surface area (Å²) in [6.45, 7) is 1.48. The highest BCUT2D eigenvalue weighted by molar-refractivity contribution is 5.97. The Morgan fingerprint density at radius 2 is 1.96 bits per heavy atom. The number of pyridine rings is 1. The summed E-state index contributed by atoms with van der Waals surface area (Å²) < 4.78 is 0. The number of nitro groups is 2. The molecule has 2 aromatic rings. The van der Waals surface area contributed by atoms with Crippen LogP contribution in [0.1, 0.15) is 21.6 Å². The third-order valence-electron chi connectivity index (χ3n) is 3.17. The Morgan fingerprint density at radius 1 is 1.22 bits per heavy atom. The molecule has 0 saturated carbocycles. The molecular formula is C14H12N4O5. The molecule has 0 aliphatic heterocycles. The summed E-state index contributed by atoms with van der Waals surface area (Å²) in [4.78, 5) is 36.6. The molecule has 0 radical (unpaired) electrons. The van der Waals surface area contributed by atoms with Crippen molar-refractivity contribution < 1.29 is 14.6 Å². The summed E-state index contributed by atoms with van der Waals surface area (Å²) in [5.74, 6) is -0.639. The number of rotatable bonds is 5. The zero-order valence-electron chi connectivity index (χ0n) is 12.1. The van der Waals surface area contributed by atoms with Crippen molar-refractivity contribution in [3.05, 3.63) is 73.6 Å². The Balaban J connectivity index is 2.31. The summed E-state index contributed by atoms with van der Waals surface area (Å²) in [6.07, 6.45) is 1.56. The maximum atomic E-state index is 12.2. The Kier molecular flexibility index (Phi) is 4.60. The number of hydrogen-bond acceptors (Lipinski definition) is 6. The van der Waals surface area contributed by atoms with Crippen molar-refractivity contribution in [2.24, 2.45) is 0 Å². The molecule has 0 aliphatic carbocycles. The van der Waals surface area contributed by atoms with E-state index >= 15 is 0 Å². The number of hydrogen-bond donors (Lipinski definition) is 1. The highest BCUT2D eigenvalue weighted by Crippen LogP contribution is 2.27. The van der Waals surface area contributed by atoms with Gasteiger partial charge in [0.05, 0.1) is 33.7 Å². The fraction of sp³-hybridized carbons (Fsp3) is 0.143. The molecule has 1 amide bonds. The van der Waals surface area contributed by atoms with Crippen molar-refractivity contribution in [3.63, 3.8) is 0 Å². The predicted molar refractivity (Wildman–Crippen MR) is 79.9 cm³/mol. The van der Waals surface area contributed by atoms with Gasteiger partial charge in [0.2, 0.25) is 0 Å². The normalized spacial score (nSPS) is 10.1. The number of nitrogens with one attached hydrogen (secondary N) is 1. The topological polar surface area (TPSA) is 128 Å². The number of nitrogens with zero attached hydrogens (tertiary/aromatic N) is 3. The van der Waals surface area contributed by atoms with E-state index in [-0.39, 0.29) is 17.7 Å². The largest absolute Gasteiger partial charge is 0.346 e. The van der Waals surface area contributed by atoms with Gasteiger partial charge in [-0.15, -0.1) is 0 Å². The molecule has 0 aliphatic rings. The SMILES string of the molecule is Cc1c(C(=O)NCc2ccccn2)cc([N+](=O)[O-])cc1[N+](=O)[O-]. The molecule has 0 fully saturated rings. The van der Waals surface area contributed by atoms with Gasteiger partial charge in [-0.2, -0.15) is 0 Å². The van der Waals surface area contributed by atoms with Gasteiger partial charge in [-0.25, -0.2) is 0 Å². The average molecular weight is 316 g/mol. The molecule has 0 bridgehead atoms. The molecular weight excluding hydrogens is 304 g/mol. The number of carbonyl (C=O) groups is 1. The van der Waals surface area contributed by atoms with Crippen LogP contribution in [-0.2, 0) is 6.54 Å². The third-order valence-corrected chi connectivity index (χ3v) is 3.17. The molecule has 1 N–H and O–H groups in total. The molecule has 118 valence electrons. The molecule has 9 nitrogen and oxygen atoms in total. The van der Waals surface area contributed by atoms with E-state index < -0.39 is 27.1 Å². The second kappa shape index (κ2) is 6.60. The number of nitro benzene ring substituents is 2. The van der Waals surface area contributed by atoms with Crippen LogP contribution >= 0.6 is 0 Å². The first-order valence-electron chi connectivity index (χ1n) is 6.51. The van der Waals surface area contributed by atoms with Crippen molar-refractivity contribution in [2.75, 3.05) is 0 Å². The second-order valence-electron chi connectivity index (χ2n) is 4.66. The predicted octanol–water partition coefficient (Wildman–Crippen LogP) is 2.14. The lowest BCUT2D eigenvalue weighted by Crippen LogP contribution is -2.24. The van der Waals surface area contributed by atoms with E-state index in [9.17, 15) is 25.0 Å². The van der Waals surface area contributed by atoms with E-state index in [1.165, 1.54) is 6.92 Å². The van der Waals surface area contributed by atoms with E-state index in [4.69, 9.17) is 0 Å². The van der Waals surface area contributed by atoms with Crippen LogP contribution in [0.5, 0.6) is 0 Å². The van der Waals surface area contributed by atoms with E-state index in [0.29, 0.717) is 5.69 Å². The summed E-state index contributed by atoms with van der Waals surface area (Å²) in [5.41, 5.74) is -0.424. The highest BCUT2D eigenvalue weighted by atomic mass is 16.6. The van der Waals surface area contributed by atoms with Crippen molar-refractivity contribution in [1.82, 2.24) is 10.3 Å². The van der Waals surface area contributed by atoms with Crippen LogP contribution in [-0.4, -0.2) is 20.7 Å². The molecule has 0 unspecified atom stereocenters. The van der Waals surface area contributed by atoms with Crippen LogP contribution in [0.3, 0.4) is 0 Å². The first kappa shape index (κ1) is 16.0. The number of amides is 1. The van der Waals surface area contributed by atoms with Gasteiger partial charge < -0.3 is 5.32 Å². The van der Waals surface area contributed by atoms with Crippen molar-refractivity contribution in [3.8, 4) is 0 Å². The summed E-state index contributed by atoms with van der Waals surface area (Å²) in [6, 6.07) is 7.03. The lowest BCUT2D eigenvalue weighted by Gasteiger charge is -2.08. The number of non-ortho nitro benzene ring substituents is 1. The molecule has 0 saturated heterocycles. The van der Waals surface area contributed by atoms with E-state index in [1.54, 1.807) is 24.4 Å². The minimum atomic E-state index is -0.776. The average Bonchev–Trinajstić information content (AvgIpc) is 2.53. The first-order chi connectivity index (χ1) is 10.9. The minimum Gasteiger partial charge on any atom is -0.346 e. The maximum absolute atomic E-state index is 12.2. The van der Waals surface area contributed by atoms with Gasteiger partial charge >= 0.3 is 0 Å². The Morgan fingerprint density at radius 3 is 2.52 bits per heavy atom. The zero-order chi connectivity index (χ0) is 17.0. The summed E-state index contributed by atoms with van der Waals surface area (Å²) in [5, 5.41) is 24.4. The third kappa shape index (κ3) is 3.64. The van der Waals surface area contributed by atoms with Crippen LogP contribution in [0.4, 0.5) is 11.4 Å². The van der Waals surface area contributed by atoms with Gasteiger partial charge in [0, 0.05) is 17.8 Å². The van der Waals surface area contributed by atoms with Crippen LogP contribution in [0, 0.1) is 27.2 Å². The standard InChI is InChI=1S/C14H12N4O5/c1-9-12(6-11(17(20)21)7-13(9)18(22)23)14(19)16-8-10-4-2-3-5-15-10/h2-7H,8H2,1H3,(H,16,19). The Bertz CT molecular complexity index is 776.